The van der Waals surface area contributed by atoms with Crippen LogP contribution < -0.4 is 16.5 Å². The van der Waals surface area contributed by atoms with Gasteiger partial charge in [-0.2, -0.15) is 0 Å². The standard InChI is InChI=1S/C22H20N4O2/c23-21(15-5-2-1-3-6-15)16-8-10-18(11-9-16)25-22(27)20-13-19(26-28-20)17-7-4-12-24-14-17/h1-14,20-21,26H,23H2,(H,25,27)/t20-,21?/m0/s1. The average Bonchev–Trinajstić information content (AvgIpc) is 3.26. The summed E-state index contributed by atoms with van der Waals surface area (Å²) in [5, 5.41) is 2.86. The van der Waals surface area contributed by atoms with Gasteiger partial charge in [-0.25, -0.2) is 0 Å². The van der Waals surface area contributed by atoms with E-state index < -0.39 is 6.10 Å². The molecule has 0 spiro atoms. The number of amides is 1. The Bertz CT molecular complexity index is 972. The van der Waals surface area contributed by atoms with Gasteiger partial charge >= 0.3 is 0 Å². The van der Waals surface area contributed by atoms with Gasteiger partial charge in [0.15, 0.2) is 6.10 Å². The fourth-order valence-electron chi connectivity index (χ4n) is 2.99. The summed E-state index contributed by atoms with van der Waals surface area (Å²) < 4.78 is 0. The molecule has 2 aromatic carbocycles. The Morgan fingerprint density at radius 3 is 2.50 bits per heavy atom. The van der Waals surface area contributed by atoms with Gasteiger partial charge in [-0.1, -0.05) is 42.5 Å². The van der Waals surface area contributed by atoms with Gasteiger partial charge in [0.1, 0.15) is 0 Å². The summed E-state index contributed by atoms with van der Waals surface area (Å²) in [5.41, 5.74) is 13.4. The molecule has 1 aromatic heterocycles. The minimum Gasteiger partial charge on any atom is -0.323 e. The maximum absolute atomic E-state index is 12.5. The smallest absolute Gasteiger partial charge is 0.260 e. The predicted octanol–water partition coefficient (Wildman–Crippen LogP) is 3.01. The molecule has 1 aliphatic rings. The fraction of sp³-hybridized carbons (Fsp3) is 0.0909. The predicted molar refractivity (Wildman–Crippen MR) is 108 cm³/mol. The number of aromatic nitrogens is 1. The van der Waals surface area contributed by atoms with Crippen LogP contribution in [-0.4, -0.2) is 17.0 Å². The van der Waals surface area contributed by atoms with Crippen LogP contribution in [0.3, 0.4) is 0 Å². The molecule has 0 aliphatic carbocycles. The van der Waals surface area contributed by atoms with E-state index in [9.17, 15) is 4.79 Å². The van der Waals surface area contributed by atoms with E-state index >= 15 is 0 Å². The third-order valence-electron chi connectivity index (χ3n) is 4.54. The quantitative estimate of drug-likeness (QED) is 0.641. The van der Waals surface area contributed by atoms with Crippen LogP contribution in [0.2, 0.25) is 0 Å². The first kappa shape index (κ1) is 17.9. The van der Waals surface area contributed by atoms with Crippen molar-refractivity contribution in [3.05, 3.63) is 102 Å². The van der Waals surface area contributed by atoms with Crippen molar-refractivity contribution in [2.45, 2.75) is 12.1 Å². The van der Waals surface area contributed by atoms with Gasteiger partial charge in [0.25, 0.3) is 5.91 Å². The van der Waals surface area contributed by atoms with Crippen molar-refractivity contribution >= 4 is 17.3 Å². The summed E-state index contributed by atoms with van der Waals surface area (Å²) in [6, 6.07) is 20.9. The zero-order valence-electron chi connectivity index (χ0n) is 15.1. The number of nitrogens with two attached hydrogens (primary N) is 1. The highest BCUT2D eigenvalue weighted by atomic mass is 16.7. The zero-order valence-corrected chi connectivity index (χ0v) is 15.1. The van der Waals surface area contributed by atoms with Crippen molar-refractivity contribution < 1.29 is 9.63 Å². The molecule has 0 fully saturated rings. The first-order valence-electron chi connectivity index (χ1n) is 8.96. The maximum Gasteiger partial charge on any atom is 0.260 e. The van der Waals surface area contributed by atoms with Crippen LogP contribution in [-0.2, 0) is 9.63 Å². The van der Waals surface area contributed by atoms with Crippen LogP contribution in [0, 0.1) is 0 Å². The number of rotatable bonds is 5. The molecular formula is C22H20N4O2. The first-order chi connectivity index (χ1) is 13.7. The van der Waals surface area contributed by atoms with Crippen LogP contribution in [0.5, 0.6) is 0 Å². The molecule has 0 radical (unpaired) electrons. The lowest BCUT2D eigenvalue weighted by Crippen LogP contribution is -2.28. The second-order valence-electron chi connectivity index (χ2n) is 6.46. The normalized spacial score (nSPS) is 16.8. The molecule has 3 aromatic rings. The fourth-order valence-corrected chi connectivity index (χ4v) is 2.99. The lowest BCUT2D eigenvalue weighted by molar-refractivity contribution is -0.125. The van der Waals surface area contributed by atoms with Gasteiger partial charge in [0.2, 0.25) is 0 Å². The number of nitrogens with one attached hydrogen (secondary N) is 2. The molecule has 140 valence electrons. The third kappa shape index (κ3) is 3.93. The monoisotopic (exact) mass is 372 g/mol. The van der Waals surface area contributed by atoms with Gasteiger partial charge in [0.05, 0.1) is 11.7 Å². The second kappa shape index (κ2) is 8.04. The average molecular weight is 372 g/mol. The summed E-state index contributed by atoms with van der Waals surface area (Å²) in [4.78, 5) is 21.9. The van der Waals surface area contributed by atoms with Crippen molar-refractivity contribution in [1.29, 1.82) is 0 Å². The Hall–Kier alpha value is -3.48. The molecule has 28 heavy (non-hydrogen) atoms. The lowest BCUT2D eigenvalue weighted by atomic mass is 9.99. The van der Waals surface area contributed by atoms with Crippen molar-refractivity contribution in [2.24, 2.45) is 5.73 Å². The van der Waals surface area contributed by atoms with Gasteiger partial charge in [-0.3, -0.25) is 20.1 Å². The number of hydroxylamine groups is 1. The number of anilines is 1. The molecule has 0 saturated heterocycles. The summed E-state index contributed by atoms with van der Waals surface area (Å²) in [7, 11) is 0. The number of nitrogens with zero attached hydrogens (tertiary/aromatic N) is 1. The number of carbonyl (C=O) groups excluding carboxylic acids is 1. The molecule has 0 bridgehead atoms. The van der Waals surface area contributed by atoms with Crippen LogP contribution in [0.25, 0.3) is 5.70 Å². The van der Waals surface area contributed by atoms with Crippen LogP contribution in [0.15, 0.2) is 85.2 Å². The van der Waals surface area contributed by atoms with Crippen LogP contribution in [0.4, 0.5) is 5.69 Å². The van der Waals surface area contributed by atoms with Gasteiger partial charge < -0.3 is 11.1 Å². The summed E-state index contributed by atoms with van der Waals surface area (Å²) in [6.07, 6.45) is 4.40. The number of hydrogen-bond acceptors (Lipinski definition) is 5. The molecule has 6 nitrogen and oxygen atoms in total. The van der Waals surface area contributed by atoms with E-state index in [4.69, 9.17) is 10.6 Å². The molecular weight excluding hydrogens is 352 g/mol. The zero-order chi connectivity index (χ0) is 19.3. The molecule has 1 unspecified atom stereocenters. The Balaban J connectivity index is 1.41. The minimum absolute atomic E-state index is 0.210. The number of pyridine rings is 1. The second-order valence-corrected chi connectivity index (χ2v) is 6.46. The van der Waals surface area contributed by atoms with E-state index in [2.05, 4.69) is 15.8 Å². The highest BCUT2D eigenvalue weighted by Gasteiger charge is 2.24. The van der Waals surface area contributed by atoms with Gasteiger partial charge in [-0.15, -0.1) is 0 Å². The Kier molecular flexibility index (Phi) is 5.14. The molecule has 2 heterocycles. The first-order valence-corrected chi connectivity index (χ1v) is 8.96. The van der Waals surface area contributed by atoms with Crippen LogP contribution in [0.1, 0.15) is 22.7 Å². The van der Waals surface area contributed by atoms with E-state index in [0.717, 1.165) is 22.4 Å². The lowest BCUT2D eigenvalue weighted by Gasteiger charge is -2.14. The van der Waals surface area contributed by atoms with Gasteiger partial charge in [-0.05, 0) is 41.5 Å². The molecule has 1 aliphatic heterocycles. The van der Waals surface area contributed by atoms with Crippen molar-refractivity contribution in [1.82, 2.24) is 10.5 Å². The summed E-state index contributed by atoms with van der Waals surface area (Å²) >= 11 is 0. The Labute approximate surface area is 163 Å². The minimum atomic E-state index is -0.721. The molecule has 1 amide bonds. The van der Waals surface area contributed by atoms with E-state index in [0.29, 0.717) is 5.69 Å². The molecule has 2 atom stereocenters. The Morgan fingerprint density at radius 1 is 1.04 bits per heavy atom. The van der Waals surface area contributed by atoms with E-state index in [1.165, 1.54) is 0 Å². The van der Waals surface area contributed by atoms with E-state index in [1.54, 1.807) is 18.5 Å². The van der Waals surface area contributed by atoms with Crippen LogP contribution >= 0.6 is 0 Å². The molecule has 6 heteroatoms. The maximum atomic E-state index is 12.5. The highest BCUT2D eigenvalue weighted by molar-refractivity contribution is 5.97. The van der Waals surface area contributed by atoms with Gasteiger partial charge in [0, 0.05) is 23.6 Å². The molecule has 4 rings (SSSR count). The van der Waals surface area contributed by atoms with Crippen molar-refractivity contribution in [3.63, 3.8) is 0 Å². The van der Waals surface area contributed by atoms with Crippen molar-refractivity contribution in [2.75, 3.05) is 5.32 Å². The van der Waals surface area contributed by atoms with E-state index in [-0.39, 0.29) is 11.9 Å². The highest BCUT2D eigenvalue weighted by Crippen LogP contribution is 2.22. The van der Waals surface area contributed by atoms with Crippen molar-refractivity contribution in [3.8, 4) is 0 Å². The molecule has 4 N–H and O–H groups in total. The summed E-state index contributed by atoms with van der Waals surface area (Å²) in [6.45, 7) is 0. The SMILES string of the molecule is NC(c1ccccc1)c1ccc(NC(=O)[C@@H]2C=C(c3cccnc3)NO2)cc1. The topological polar surface area (TPSA) is 89.3 Å². The summed E-state index contributed by atoms with van der Waals surface area (Å²) in [5.74, 6) is -0.258. The number of benzene rings is 2. The largest absolute Gasteiger partial charge is 0.323 e. The third-order valence-corrected chi connectivity index (χ3v) is 4.54. The molecule has 0 saturated carbocycles. The number of carbonyl (C=O) groups is 1. The van der Waals surface area contributed by atoms with E-state index in [1.807, 2.05) is 66.7 Å². The Morgan fingerprint density at radius 2 is 1.79 bits per heavy atom. The number of hydrogen-bond donors (Lipinski definition) is 3.